The molecule has 1 aliphatic heterocycles. The van der Waals surface area contributed by atoms with Crippen molar-refractivity contribution in [3.8, 4) is 10.6 Å². The number of aromatic nitrogens is 1. The van der Waals surface area contributed by atoms with Gasteiger partial charge >= 0.3 is 0 Å². The van der Waals surface area contributed by atoms with E-state index in [0.29, 0.717) is 26.2 Å². The van der Waals surface area contributed by atoms with Gasteiger partial charge in [0, 0.05) is 45.8 Å². The maximum absolute atomic E-state index is 13.2. The summed E-state index contributed by atoms with van der Waals surface area (Å²) in [5.41, 5.74) is 3.14. The minimum Gasteiger partial charge on any atom is -0.348 e. The quantitative estimate of drug-likeness (QED) is 0.755. The van der Waals surface area contributed by atoms with Crippen LogP contribution in [0.15, 0.2) is 24.3 Å². The number of carbonyl (C=O) groups excluding carboxylic acids is 2. The zero-order chi connectivity index (χ0) is 21.0. The third-order valence-corrected chi connectivity index (χ3v) is 6.53. The number of likely N-dealkylation sites (N-methyl/N-ethyl adjacent to an activating group) is 1. The van der Waals surface area contributed by atoms with Gasteiger partial charge in [-0.15, -0.1) is 11.3 Å². The van der Waals surface area contributed by atoms with Gasteiger partial charge in [0.15, 0.2) is 0 Å². The van der Waals surface area contributed by atoms with E-state index in [1.807, 2.05) is 11.8 Å². The van der Waals surface area contributed by atoms with Gasteiger partial charge in [-0.25, -0.2) is 4.98 Å². The van der Waals surface area contributed by atoms with Gasteiger partial charge in [-0.05, 0) is 25.3 Å². The summed E-state index contributed by atoms with van der Waals surface area (Å²) in [5.74, 6) is 0.152. The highest BCUT2D eigenvalue weighted by molar-refractivity contribution is 7.17. The van der Waals surface area contributed by atoms with Gasteiger partial charge in [0.1, 0.15) is 9.88 Å². The molecule has 0 saturated carbocycles. The fourth-order valence-electron chi connectivity index (χ4n) is 3.41. The molecule has 1 aromatic heterocycles. The summed E-state index contributed by atoms with van der Waals surface area (Å²) in [6.45, 7) is 7.35. The Hall–Kier alpha value is -2.25. The van der Waals surface area contributed by atoms with Crippen LogP contribution in [-0.2, 0) is 11.2 Å². The molecule has 0 atom stereocenters. The zero-order valence-electron chi connectivity index (χ0n) is 17.8. The molecule has 29 heavy (non-hydrogen) atoms. The molecular weight excluding hydrogens is 384 g/mol. The van der Waals surface area contributed by atoms with E-state index < -0.39 is 0 Å². The first kappa shape index (κ1) is 21.5. The van der Waals surface area contributed by atoms with Crippen molar-refractivity contribution in [1.82, 2.24) is 19.7 Å². The maximum Gasteiger partial charge on any atom is 0.265 e. The monoisotopic (exact) mass is 414 g/mol. The summed E-state index contributed by atoms with van der Waals surface area (Å²) in [7, 11) is 3.55. The summed E-state index contributed by atoms with van der Waals surface area (Å²) in [4.78, 5) is 36.2. The molecular formula is C22H30N4O2S. The predicted octanol–water partition coefficient (Wildman–Crippen LogP) is 2.92. The van der Waals surface area contributed by atoms with E-state index in [4.69, 9.17) is 0 Å². The lowest BCUT2D eigenvalue weighted by Crippen LogP contribution is -2.39. The van der Waals surface area contributed by atoms with Gasteiger partial charge < -0.3 is 9.80 Å². The SMILES string of the molecule is CCc1ccc(-c2nc(C)c(C(=O)N3CCCN(CC(=O)N(C)C)CC3)s2)cc1. The number of hydrogen-bond acceptors (Lipinski definition) is 5. The zero-order valence-corrected chi connectivity index (χ0v) is 18.6. The van der Waals surface area contributed by atoms with Gasteiger partial charge in [0.2, 0.25) is 5.91 Å². The van der Waals surface area contributed by atoms with Crippen molar-refractivity contribution in [2.45, 2.75) is 26.7 Å². The molecule has 1 saturated heterocycles. The Morgan fingerprint density at radius 2 is 1.83 bits per heavy atom. The number of nitrogens with zero attached hydrogens (tertiary/aromatic N) is 4. The number of hydrogen-bond donors (Lipinski definition) is 0. The van der Waals surface area contributed by atoms with E-state index in [1.165, 1.54) is 16.9 Å². The van der Waals surface area contributed by atoms with E-state index in [2.05, 4.69) is 41.1 Å². The van der Waals surface area contributed by atoms with Crippen molar-refractivity contribution in [2.75, 3.05) is 46.8 Å². The number of benzene rings is 1. The molecule has 1 aliphatic rings. The number of rotatable bonds is 5. The summed E-state index contributed by atoms with van der Waals surface area (Å²) < 4.78 is 0. The van der Waals surface area contributed by atoms with Crippen LogP contribution in [0, 0.1) is 6.92 Å². The van der Waals surface area contributed by atoms with Gasteiger partial charge in [-0.2, -0.15) is 0 Å². The van der Waals surface area contributed by atoms with Crippen LogP contribution in [0.3, 0.4) is 0 Å². The largest absolute Gasteiger partial charge is 0.348 e. The van der Waals surface area contributed by atoms with Crippen LogP contribution in [0.25, 0.3) is 10.6 Å². The van der Waals surface area contributed by atoms with Crippen molar-refractivity contribution >= 4 is 23.2 Å². The van der Waals surface area contributed by atoms with E-state index in [9.17, 15) is 9.59 Å². The van der Waals surface area contributed by atoms with Gasteiger partial charge in [0.05, 0.1) is 12.2 Å². The van der Waals surface area contributed by atoms with E-state index in [-0.39, 0.29) is 11.8 Å². The molecule has 0 spiro atoms. The number of thiazole rings is 1. The summed E-state index contributed by atoms with van der Waals surface area (Å²) in [6.07, 6.45) is 1.88. The van der Waals surface area contributed by atoms with E-state index >= 15 is 0 Å². The van der Waals surface area contributed by atoms with Crippen LogP contribution in [0.4, 0.5) is 0 Å². The molecule has 2 aromatic rings. The highest BCUT2D eigenvalue weighted by Gasteiger charge is 2.25. The van der Waals surface area contributed by atoms with Crippen LogP contribution >= 0.6 is 11.3 Å². The molecule has 156 valence electrons. The molecule has 0 aliphatic carbocycles. The second kappa shape index (κ2) is 9.50. The Labute approximate surface area is 177 Å². The molecule has 0 N–H and O–H groups in total. The minimum absolute atomic E-state index is 0.0530. The van der Waals surface area contributed by atoms with Crippen molar-refractivity contribution in [2.24, 2.45) is 0 Å². The Morgan fingerprint density at radius 1 is 1.10 bits per heavy atom. The molecule has 0 bridgehead atoms. The summed E-state index contributed by atoms with van der Waals surface area (Å²) in [6, 6.07) is 8.39. The summed E-state index contributed by atoms with van der Waals surface area (Å²) >= 11 is 1.47. The fraction of sp³-hybridized carbons (Fsp3) is 0.500. The third kappa shape index (κ3) is 5.22. The number of carbonyl (C=O) groups is 2. The van der Waals surface area contributed by atoms with E-state index in [0.717, 1.165) is 40.5 Å². The molecule has 7 heteroatoms. The lowest BCUT2D eigenvalue weighted by Gasteiger charge is -2.22. The fourth-order valence-corrected chi connectivity index (χ4v) is 4.45. The van der Waals surface area contributed by atoms with Crippen molar-refractivity contribution in [1.29, 1.82) is 0 Å². The molecule has 2 amide bonds. The van der Waals surface area contributed by atoms with E-state index in [1.54, 1.807) is 19.0 Å². The standard InChI is InChI=1S/C22H30N4O2S/c1-5-17-7-9-18(10-8-17)21-23-16(2)20(29-21)22(28)26-12-6-11-25(13-14-26)15-19(27)24(3)4/h7-10H,5-6,11-15H2,1-4H3. The molecule has 1 aromatic carbocycles. The molecule has 0 radical (unpaired) electrons. The first-order valence-electron chi connectivity index (χ1n) is 10.2. The topological polar surface area (TPSA) is 56.8 Å². The lowest BCUT2D eigenvalue weighted by atomic mass is 10.1. The number of amides is 2. The van der Waals surface area contributed by atoms with Crippen LogP contribution in [-0.4, -0.2) is 78.3 Å². The first-order valence-corrected chi connectivity index (χ1v) is 11.0. The normalized spacial score (nSPS) is 15.2. The molecule has 6 nitrogen and oxygen atoms in total. The Kier molecular flexibility index (Phi) is 7.03. The van der Waals surface area contributed by atoms with Crippen LogP contribution < -0.4 is 0 Å². The molecule has 3 rings (SSSR count). The average Bonchev–Trinajstić information content (AvgIpc) is 2.95. The summed E-state index contributed by atoms with van der Waals surface area (Å²) in [5, 5.41) is 0.890. The maximum atomic E-state index is 13.2. The van der Waals surface area contributed by atoms with Crippen molar-refractivity contribution in [3.63, 3.8) is 0 Å². The van der Waals surface area contributed by atoms with Crippen LogP contribution in [0.5, 0.6) is 0 Å². The number of aryl methyl sites for hydroxylation is 2. The minimum atomic E-state index is 0.0530. The van der Waals surface area contributed by atoms with Crippen molar-refractivity contribution in [3.05, 3.63) is 40.4 Å². The Balaban J connectivity index is 1.68. The molecule has 2 heterocycles. The predicted molar refractivity (Wildman–Crippen MR) is 117 cm³/mol. The van der Waals surface area contributed by atoms with Gasteiger partial charge in [-0.3, -0.25) is 14.5 Å². The Bertz CT molecular complexity index is 860. The van der Waals surface area contributed by atoms with Crippen LogP contribution in [0.1, 0.15) is 34.3 Å². The highest BCUT2D eigenvalue weighted by atomic mass is 32.1. The molecule has 1 fully saturated rings. The second-order valence-corrected chi connectivity index (χ2v) is 8.69. The van der Waals surface area contributed by atoms with Gasteiger partial charge in [0.25, 0.3) is 5.91 Å². The first-order chi connectivity index (χ1) is 13.9. The molecule has 0 unspecified atom stereocenters. The average molecular weight is 415 g/mol. The third-order valence-electron chi connectivity index (χ3n) is 5.33. The van der Waals surface area contributed by atoms with Gasteiger partial charge in [-0.1, -0.05) is 31.2 Å². The Morgan fingerprint density at radius 3 is 2.48 bits per heavy atom. The second-order valence-electron chi connectivity index (χ2n) is 7.69. The van der Waals surface area contributed by atoms with Crippen molar-refractivity contribution < 1.29 is 9.59 Å². The smallest absolute Gasteiger partial charge is 0.265 e. The lowest BCUT2D eigenvalue weighted by molar-refractivity contribution is -0.129. The van der Waals surface area contributed by atoms with Crippen LogP contribution in [0.2, 0.25) is 0 Å². The highest BCUT2D eigenvalue weighted by Crippen LogP contribution is 2.29.